The SMILES string of the molecule is COc1ccc(C[C@H]2CCOC[C@H](N)C(=O)O[C@@H](C)[C@@H]2Oc2ccccc2)cc1. The number of ether oxygens (including phenoxy) is 4. The molecule has 0 saturated carbocycles. The molecular formula is C23H29NO5. The predicted octanol–water partition coefficient (Wildman–Crippen LogP) is 2.98. The van der Waals surface area contributed by atoms with Crippen molar-refractivity contribution in [3.05, 3.63) is 60.2 Å². The lowest BCUT2D eigenvalue weighted by Crippen LogP contribution is -2.46. The maximum Gasteiger partial charge on any atom is 0.325 e. The van der Waals surface area contributed by atoms with Gasteiger partial charge in [-0.25, -0.2) is 0 Å². The number of carbonyl (C=O) groups is 1. The van der Waals surface area contributed by atoms with E-state index in [4.69, 9.17) is 24.7 Å². The van der Waals surface area contributed by atoms with Gasteiger partial charge in [-0.1, -0.05) is 30.3 Å². The fourth-order valence-electron chi connectivity index (χ4n) is 3.53. The highest BCUT2D eigenvalue weighted by molar-refractivity contribution is 5.75. The number of cyclic esters (lactones) is 1. The molecule has 0 aromatic heterocycles. The van der Waals surface area contributed by atoms with Crippen molar-refractivity contribution >= 4 is 5.97 Å². The minimum absolute atomic E-state index is 0.0840. The van der Waals surface area contributed by atoms with Crippen molar-refractivity contribution < 1.29 is 23.7 Å². The second-order valence-electron chi connectivity index (χ2n) is 7.32. The van der Waals surface area contributed by atoms with Gasteiger partial charge in [0.1, 0.15) is 29.7 Å². The molecule has 0 bridgehead atoms. The van der Waals surface area contributed by atoms with E-state index in [9.17, 15) is 4.79 Å². The van der Waals surface area contributed by atoms with E-state index in [1.807, 2.05) is 61.5 Å². The average molecular weight is 399 g/mol. The Morgan fingerprint density at radius 1 is 1.07 bits per heavy atom. The third kappa shape index (κ3) is 5.95. The summed E-state index contributed by atoms with van der Waals surface area (Å²) in [6.45, 7) is 2.52. The van der Waals surface area contributed by atoms with Gasteiger partial charge >= 0.3 is 5.97 Å². The second kappa shape index (κ2) is 10.3. The molecular weight excluding hydrogens is 370 g/mol. The molecule has 0 radical (unpaired) electrons. The summed E-state index contributed by atoms with van der Waals surface area (Å²) in [6, 6.07) is 16.8. The van der Waals surface area contributed by atoms with Crippen LogP contribution in [0, 0.1) is 5.92 Å². The van der Waals surface area contributed by atoms with Crippen LogP contribution in [0.4, 0.5) is 0 Å². The van der Waals surface area contributed by atoms with Crippen molar-refractivity contribution in [1.82, 2.24) is 0 Å². The van der Waals surface area contributed by atoms with E-state index in [2.05, 4.69) is 0 Å². The third-order valence-electron chi connectivity index (χ3n) is 5.13. The number of hydrogen-bond acceptors (Lipinski definition) is 6. The maximum atomic E-state index is 12.3. The number of hydrogen-bond donors (Lipinski definition) is 1. The molecule has 0 unspecified atom stereocenters. The molecule has 1 fully saturated rings. The molecule has 6 heteroatoms. The monoisotopic (exact) mass is 399 g/mol. The van der Waals surface area contributed by atoms with Crippen LogP contribution in [0.2, 0.25) is 0 Å². The molecule has 156 valence electrons. The highest BCUT2D eigenvalue weighted by Crippen LogP contribution is 2.27. The molecule has 1 heterocycles. The van der Waals surface area contributed by atoms with Gasteiger partial charge in [-0.15, -0.1) is 0 Å². The van der Waals surface area contributed by atoms with Gasteiger partial charge in [0.2, 0.25) is 0 Å². The Hall–Kier alpha value is -2.57. The third-order valence-corrected chi connectivity index (χ3v) is 5.13. The summed E-state index contributed by atoms with van der Waals surface area (Å²) in [7, 11) is 1.65. The van der Waals surface area contributed by atoms with Crippen molar-refractivity contribution in [2.45, 2.75) is 38.0 Å². The first-order chi connectivity index (χ1) is 14.1. The zero-order chi connectivity index (χ0) is 20.6. The van der Waals surface area contributed by atoms with Crippen LogP contribution in [-0.2, 0) is 20.7 Å². The molecule has 6 nitrogen and oxygen atoms in total. The van der Waals surface area contributed by atoms with Gasteiger partial charge in [0, 0.05) is 12.5 Å². The number of para-hydroxylation sites is 1. The number of nitrogens with two attached hydrogens (primary N) is 1. The van der Waals surface area contributed by atoms with Crippen LogP contribution < -0.4 is 15.2 Å². The highest BCUT2D eigenvalue weighted by atomic mass is 16.6. The van der Waals surface area contributed by atoms with E-state index < -0.39 is 18.1 Å². The predicted molar refractivity (Wildman–Crippen MR) is 110 cm³/mol. The molecule has 29 heavy (non-hydrogen) atoms. The zero-order valence-electron chi connectivity index (χ0n) is 17.0. The molecule has 2 aromatic rings. The highest BCUT2D eigenvalue weighted by Gasteiger charge is 2.33. The van der Waals surface area contributed by atoms with Crippen molar-refractivity contribution in [3.8, 4) is 11.5 Å². The van der Waals surface area contributed by atoms with Gasteiger partial charge in [-0.3, -0.25) is 4.79 Å². The number of benzene rings is 2. The lowest BCUT2D eigenvalue weighted by molar-refractivity contribution is -0.159. The standard InChI is InChI=1S/C23H29NO5/c1-16-22(29-20-6-4-3-5-7-20)18(12-13-27-15-21(24)23(25)28-16)14-17-8-10-19(26-2)11-9-17/h3-11,16,18,21-22H,12-15,24H2,1-2H3/t16-,18+,21-,22-/m0/s1. The second-order valence-corrected chi connectivity index (χ2v) is 7.32. The smallest absolute Gasteiger partial charge is 0.325 e. The lowest BCUT2D eigenvalue weighted by atomic mass is 9.88. The first-order valence-electron chi connectivity index (χ1n) is 9.95. The van der Waals surface area contributed by atoms with E-state index in [1.54, 1.807) is 7.11 Å². The van der Waals surface area contributed by atoms with E-state index in [0.717, 1.165) is 29.9 Å². The van der Waals surface area contributed by atoms with Gasteiger partial charge < -0.3 is 24.7 Å². The van der Waals surface area contributed by atoms with Crippen molar-refractivity contribution in [3.63, 3.8) is 0 Å². The van der Waals surface area contributed by atoms with Crippen LogP contribution in [0.3, 0.4) is 0 Å². The summed E-state index contributed by atoms with van der Waals surface area (Å²) >= 11 is 0. The number of rotatable bonds is 5. The number of methoxy groups -OCH3 is 1. The van der Waals surface area contributed by atoms with Gasteiger partial charge in [-0.05, 0) is 49.6 Å². The Bertz CT molecular complexity index is 765. The average Bonchev–Trinajstić information content (AvgIpc) is 2.74. The summed E-state index contributed by atoms with van der Waals surface area (Å²) in [5.74, 6) is 1.17. The number of esters is 1. The Labute approximate surface area is 171 Å². The van der Waals surface area contributed by atoms with Crippen LogP contribution in [0.25, 0.3) is 0 Å². The van der Waals surface area contributed by atoms with E-state index in [0.29, 0.717) is 6.61 Å². The van der Waals surface area contributed by atoms with Crippen molar-refractivity contribution in [1.29, 1.82) is 0 Å². The Morgan fingerprint density at radius 2 is 1.79 bits per heavy atom. The maximum absolute atomic E-state index is 12.3. The summed E-state index contributed by atoms with van der Waals surface area (Å²) in [4.78, 5) is 12.3. The minimum Gasteiger partial charge on any atom is -0.497 e. The van der Waals surface area contributed by atoms with Crippen LogP contribution >= 0.6 is 0 Å². The molecule has 0 spiro atoms. The fourth-order valence-corrected chi connectivity index (χ4v) is 3.53. The van der Waals surface area contributed by atoms with Crippen molar-refractivity contribution in [2.75, 3.05) is 20.3 Å². The Kier molecular flexibility index (Phi) is 7.49. The summed E-state index contributed by atoms with van der Waals surface area (Å²) < 4.78 is 22.8. The molecule has 0 aliphatic carbocycles. The first kappa shape index (κ1) is 21.1. The molecule has 4 atom stereocenters. The van der Waals surface area contributed by atoms with Crippen LogP contribution in [0.15, 0.2) is 54.6 Å². The van der Waals surface area contributed by atoms with Gasteiger partial charge in [0.05, 0.1) is 13.7 Å². The first-order valence-corrected chi connectivity index (χ1v) is 9.95. The van der Waals surface area contributed by atoms with Crippen LogP contribution in [0.1, 0.15) is 18.9 Å². The summed E-state index contributed by atoms with van der Waals surface area (Å²) in [5.41, 5.74) is 7.02. The molecule has 1 aliphatic rings. The molecule has 3 rings (SSSR count). The minimum atomic E-state index is -0.784. The van der Waals surface area contributed by atoms with E-state index >= 15 is 0 Å². The normalized spacial score (nSPS) is 25.7. The summed E-state index contributed by atoms with van der Waals surface area (Å²) in [6.07, 6.45) is 0.740. The molecule has 1 saturated heterocycles. The van der Waals surface area contributed by atoms with Crippen LogP contribution in [0.5, 0.6) is 11.5 Å². The fraction of sp³-hybridized carbons (Fsp3) is 0.435. The van der Waals surface area contributed by atoms with Gasteiger partial charge in [0.15, 0.2) is 0 Å². The Morgan fingerprint density at radius 3 is 2.48 bits per heavy atom. The van der Waals surface area contributed by atoms with Crippen molar-refractivity contribution in [2.24, 2.45) is 11.7 Å². The largest absolute Gasteiger partial charge is 0.497 e. The van der Waals surface area contributed by atoms with Gasteiger partial charge in [0.25, 0.3) is 0 Å². The lowest BCUT2D eigenvalue weighted by Gasteiger charge is -2.33. The number of carbonyl (C=O) groups excluding carboxylic acids is 1. The molecule has 2 aromatic carbocycles. The Balaban J connectivity index is 1.84. The topological polar surface area (TPSA) is 80.0 Å². The molecule has 1 aliphatic heterocycles. The van der Waals surface area contributed by atoms with Crippen LogP contribution in [-0.4, -0.2) is 44.5 Å². The quantitative estimate of drug-likeness (QED) is 0.779. The van der Waals surface area contributed by atoms with E-state index in [-0.39, 0.29) is 18.6 Å². The zero-order valence-corrected chi connectivity index (χ0v) is 17.0. The van der Waals surface area contributed by atoms with Gasteiger partial charge in [-0.2, -0.15) is 0 Å². The molecule has 2 N–H and O–H groups in total. The summed E-state index contributed by atoms with van der Waals surface area (Å²) in [5, 5.41) is 0. The van der Waals surface area contributed by atoms with E-state index in [1.165, 1.54) is 0 Å². The molecule has 0 amide bonds.